The number of nitrogens with zero attached hydrogens (tertiary/aromatic N) is 1. The van der Waals surface area contributed by atoms with Gasteiger partial charge in [-0.1, -0.05) is 13.8 Å². The third-order valence-electron chi connectivity index (χ3n) is 4.81. The molecule has 0 heterocycles. The highest BCUT2D eigenvalue weighted by atomic mass is 15.2. The zero-order valence-corrected chi connectivity index (χ0v) is 12.6. The van der Waals surface area contributed by atoms with E-state index in [2.05, 4.69) is 25.7 Å². The van der Waals surface area contributed by atoms with Crippen LogP contribution >= 0.6 is 0 Å². The van der Waals surface area contributed by atoms with Gasteiger partial charge >= 0.3 is 0 Å². The molecule has 0 aromatic heterocycles. The van der Waals surface area contributed by atoms with Gasteiger partial charge in [-0.05, 0) is 63.2 Å². The Morgan fingerprint density at radius 1 is 1.11 bits per heavy atom. The predicted molar refractivity (Wildman–Crippen MR) is 78.6 cm³/mol. The van der Waals surface area contributed by atoms with Gasteiger partial charge in [0.2, 0.25) is 0 Å². The summed E-state index contributed by atoms with van der Waals surface area (Å²) in [6, 6.07) is 0. The van der Waals surface area contributed by atoms with Gasteiger partial charge in [0.15, 0.2) is 0 Å². The Morgan fingerprint density at radius 3 is 1.94 bits per heavy atom. The largest absolute Gasteiger partial charge is 0.329 e. The Morgan fingerprint density at radius 2 is 1.61 bits per heavy atom. The van der Waals surface area contributed by atoms with Crippen LogP contribution in [0.25, 0.3) is 0 Å². The molecule has 2 saturated carbocycles. The number of hydrogen-bond acceptors (Lipinski definition) is 2. The predicted octanol–water partition coefficient (Wildman–Crippen LogP) is 3.26. The normalized spacial score (nSPS) is 23.7. The fourth-order valence-electron chi connectivity index (χ4n) is 2.73. The molecule has 18 heavy (non-hydrogen) atoms. The molecule has 0 bridgehead atoms. The first-order valence-electron chi connectivity index (χ1n) is 7.98. The lowest BCUT2D eigenvalue weighted by molar-refractivity contribution is 0.0845. The van der Waals surface area contributed by atoms with Crippen molar-refractivity contribution in [2.45, 2.75) is 64.8 Å². The summed E-state index contributed by atoms with van der Waals surface area (Å²) in [6.45, 7) is 10.5. The van der Waals surface area contributed by atoms with Gasteiger partial charge in [0.25, 0.3) is 0 Å². The van der Waals surface area contributed by atoms with Crippen LogP contribution in [0.4, 0.5) is 0 Å². The summed E-state index contributed by atoms with van der Waals surface area (Å²) in [5, 5.41) is 0. The fraction of sp³-hybridized carbons (Fsp3) is 1.00. The lowest BCUT2D eigenvalue weighted by Crippen LogP contribution is -2.53. The molecule has 0 aromatic carbocycles. The Labute approximate surface area is 113 Å². The van der Waals surface area contributed by atoms with Crippen LogP contribution in [0.1, 0.15) is 59.3 Å². The molecular formula is C16H32N2. The van der Waals surface area contributed by atoms with Gasteiger partial charge in [-0.25, -0.2) is 0 Å². The fourth-order valence-corrected chi connectivity index (χ4v) is 2.73. The van der Waals surface area contributed by atoms with Gasteiger partial charge in [0.05, 0.1) is 0 Å². The average Bonchev–Trinajstić information content (AvgIpc) is 3.19. The lowest BCUT2D eigenvalue weighted by Gasteiger charge is -2.42. The minimum absolute atomic E-state index is 0.245. The van der Waals surface area contributed by atoms with E-state index < -0.39 is 0 Å². The van der Waals surface area contributed by atoms with E-state index in [0.717, 1.165) is 24.3 Å². The summed E-state index contributed by atoms with van der Waals surface area (Å²) in [4.78, 5) is 2.75. The molecule has 2 aliphatic carbocycles. The Balaban J connectivity index is 1.92. The van der Waals surface area contributed by atoms with Crippen LogP contribution in [0.3, 0.4) is 0 Å². The molecule has 0 aromatic rings. The first-order chi connectivity index (χ1) is 8.53. The summed E-state index contributed by atoms with van der Waals surface area (Å²) in [6.07, 6.45) is 8.37. The van der Waals surface area contributed by atoms with Gasteiger partial charge < -0.3 is 5.73 Å². The molecule has 2 aliphatic rings. The van der Waals surface area contributed by atoms with E-state index in [1.54, 1.807) is 0 Å². The summed E-state index contributed by atoms with van der Waals surface area (Å²) < 4.78 is 0. The quantitative estimate of drug-likeness (QED) is 0.682. The van der Waals surface area contributed by atoms with E-state index in [1.165, 1.54) is 51.6 Å². The molecule has 2 heteroatoms. The summed E-state index contributed by atoms with van der Waals surface area (Å²) in [5.74, 6) is 2.75. The third-order valence-corrected chi connectivity index (χ3v) is 4.81. The van der Waals surface area contributed by atoms with Crippen molar-refractivity contribution in [3.8, 4) is 0 Å². The van der Waals surface area contributed by atoms with Gasteiger partial charge in [-0.2, -0.15) is 0 Å². The second-order valence-electron chi connectivity index (χ2n) is 7.43. The second-order valence-corrected chi connectivity index (χ2v) is 7.43. The van der Waals surface area contributed by atoms with E-state index in [1.807, 2.05) is 0 Å². The molecule has 0 amide bonds. The molecule has 1 unspecified atom stereocenters. The molecule has 2 fully saturated rings. The lowest BCUT2D eigenvalue weighted by atomic mass is 9.89. The zero-order chi connectivity index (χ0) is 13.2. The van der Waals surface area contributed by atoms with E-state index in [-0.39, 0.29) is 5.54 Å². The van der Waals surface area contributed by atoms with Crippen molar-refractivity contribution in [1.82, 2.24) is 4.90 Å². The van der Waals surface area contributed by atoms with Gasteiger partial charge in [-0.3, -0.25) is 4.90 Å². The molecular weight excluding hydrogens is 220 g/mol. The Kier molecular flexibility index (Phi) is 4.71. The smallest absolute Gasteiger partial charge is 0.0303 e. The molecule has 2 N–H and O–H groups in total. The van der Waals surface area contributed by atoms with Gasteiger partial charge in [0.1, 0.15) is 0 Å². The van der Waals surface area contributed by atoms with Crippen LogP contribution in [-0.4, -0.2) is 30.1 Å². The standard InChI is InChI=1S/C16H32N2/c1-13(2)8-9-16(3,12-17)18(10-14-4-5-14)11-15-6-7-15/h13-15H,4-12,17H2,1-3H3. The van der Waals surface area contributed by atoms with E-state index >= 15 is 0 Å². The average molecular weight is 252 g/mol. The van der Waals surface area contributed by atoms with Crippen molar-refractivity contribution in [1.29, 1.82) is 0 Å². The number of hydrogen-bond donors (Lipinski definition) is 1. The molecule has 106 valence electrons. The van der Waals surface area contributed by atoms with Crippen molar-refractivity contribution in [3.63, 3.8) is 0 Å². The summed E-state index contributed by atoms with van der Waals surface area (Å²) in [5.41, 5.74) is 6.39. The molecule has 0 aliphatic heterocycles. The Hall–Kier alpha value is -0.0800. The molecule has 2 nitrogen and oxygen atoms in total. The maximum Gasteiger partial charge on any atom is 0.0303 e. The van der Waals surface area contributed by atoms with Crippen LogP contribution in [0, 0.1) is 17.8 Å². The Bertz CT molecular complexity index is 242. The summed E-state index contributed by atoms with van der Waals surface area (Å²) in [7, 11) is 0. The monoisotopic (exact) mass is 252 g/mol. The van der Waals surface area contributed by atoms with Gasteiger partial charge in [-0.15, -0.1) is 0 Å². The van der Waals surface area contributed by atoms with Crippen LogP contribution in [0.5, 0.6) is 0 Å². The zero-order valence-electron chi connectivity index (χ0n) is 12.6. The number of rotatable bonds is 9. The topological polar surface area (TPSA) is 29.3 Å². The molecule has 0 spiro atoms. The van der Waals surface area contributed by atoms with E-state index in [9.17, 15) is 0 Å². The van der Waals surface area contributed by atoms with Crippen molar-refractivity contribution >= 4 is 0 Å². The molecule has 2 rings (SSSR count). The minimum Gasteiger partial charge on any atom is -0.329 e. The summed E-state index contributed by atoms with van der Waals surface area (Å²) >= 11 is 0. The van der Waals surface area contributed by atoms with Crippen LogP contribution < -0.4 is 5.73 Å². The highest BCUT2D eigenvalue weighted by molar-refractivity contribution is 4.93. The van der Waals surface area contributed by atoms with Crippen LogP contribution in [0.2, 0.25) is 0 Å². The van der Waals surface area contributed by atoms with Crippen molar-refractivity contribution in [2.75, 3.05) is 19.6 Å². The molecule has 1 atom stereocenters. The second kappa shape index (κ2) is 5.92. The SMILES string of the molecule is CC(C)CCC(C)(CN)N(CC1CC1)CC1CC1. The highest BCUT2D eigenvalue weighted by Crippen LogP contribution is 2.37. The van der Waals surface area contributed by atoms with Crippen molar-refractivity contribution in [3.05, 3.63) is 0 Å². The number of nitrogens with two attached hydrogens (primary N) is 1. The maximum absolute atomic E-state index is 6.14. The van der Waals surface area contributed by atoms with Crippen LogP contribution in [0.15, 0.2) is 0 Å². The van der Waals surface area contributed by atoms with Crippen molar-refractivity contribution < 1.29 is 0 Å². The van der Waals surface area contributed by atoms with Crippen molar-refractivity contribution in [2.24, 2.45) is 23.5 Å². The maximum atomic E-state index is 6.14. The first kappa shape index (κ1) is 14.3. The first-order valence-corrected chi connectivity index (χ1v) is 7.98. The highest BCUT2D eigenvalue weighted by Gasteiger charge is 2.37. The van der Waals surface area contributed by atoms with Gasteiger partial charge in [0, 0.05) is 25.2 Å². The molecule has 0 saturated heterocycles. The molecule has 0 radical (unpaired) electrons. The third kappa shape index (κ3) is 4.24. The van der Waals surface area contributed by atoms with Crippen LogP contribution in [-0.2, 0) is 0 Å². The van der Waals surface area contributed by atoms with E-state index in [4.69, 9.17) is 5.73 Å². The minimum atomic E-state index is 0.245. The van der Waals surface area contributed by atoms with E-state index in [0.29, 0.717) is 0 Å².